The molecule has 2 aliphatic rings. The Labute approximate surface area is 164 Å². The van der Waals surface area contributed by atoms with Crippen LogP contribution in [0.4, 0.5) is 0 Å². The van der Waals surface area contributed by atoms with Gasteiger partial charge >= 0.3 is 0 Å². The number of hydrogen-bond acceptors (Lipinski definition) is 6. The van der Waals surface area contributed by atoms with E-state index in [-0.39, 0.29) is 18.5 Å². The molecule has 28 heavy (non-hydrogen) atoms. The van der Waals surface area contributed by atoms with Crippen molar-refractivity contribution in [1.29, 1.82) is 0 Å². The van der Waals surface area contributed by atoms with E-state index in [4.69, 9.17) is 9.47 Å². The van der Waals surface area contributed by atoms with Crippen molar-refractivity contribution in [3.63, 3.8) is 0 Å². The van der Waals surface area contributed by atoms with Crippen LogP contribution in [0.1, 0.15) is 32.6 Å². The Morgan fingerprint density at radius 1 is 1.25 bits per heavy atom. The van der Waals surface area contributed by atoms with Gasteiger partial charge in [0.05, 0.1) is 14.2 Å². The van der Waals surface area contributed by atoms with Gasteiger partial charge in [-0.05, 0) is 67.4 Å². The lowest BCUT2D eigenvalue weighted by Gasteiger charge is -2.28. The minimum absolute atomic E-state index is 0.0610. The molecule has 4 rings (SSSR count). The number of nitrogens with one attached hydrogen (secondary N) is 1. The number of nitrogens with zero attached hydrogens (tertiary/aromatic N) is 4. The molecule has 0 spiro atoms. The number of aromatic nitrogens is 4. The van der Waals surface area contributed by atoms with Gasteiger partial charge in [-0.15, -0.1) is 10.2 Å². The van der Waals surface area contributed by atoms with Crippen LogP contribution in [0.5, 0.6) is 11.5 Å². The highest BCUT2D eigenvalue weighted by Gasteiger charge is 2.42. The van der Waals surface area contributed by atoms with E-state index in [0.717, 1.165) is 17.4 Å². The highest BCUT2D eigenvalue weighted by Crippen LogP contribution is 2.49. The van der Waals surface area contributed by atoms with Crippen molar-refractivity contribution in [2.24, 2.45) is 17.8 Å². The summed E-state index contributed by atoms with van der Waals surface area (Å²) < 4.78 is 10.6. The van der Waals surface area contributed by atoms with E-state index >= 15 is 0 Å². The van der Waals surface area contributed by atoms with Gasteiger partial charge in [0.25, 0.3) is 0 Å². The van der Waals surface area contributed by atoms with Gasteiger partial charge in [0.15, 0.2) is 11.5 Å². The molecule has 8 heteroatoms. The zero-order valence-corrected chi connectivity index (χ0v) is 16.6. The first-order valence-corrected chi connectivity index (χ1v) is 9.87. The predicted molar refractivity (Wildman–Crippen MR) is 103 cm³/mol. The number of carbonyl (C=O) groups excluding carboxylic acids is 1. The third-order valence-corrected chi connectivity index (χ3v) is 6.20. The Bertz CT molecular complexity index is 852. The molecule has 1 N–H and O–H groups in total. The average molecular weight is 385 g/mol. The Hall–Kier alpha value is -2.64. The Kier molecular flexibility index (Phi) is 5.19. The summed E-state index contributed by atoms with van der Waals surface area (Å²) >= 11 is 0. The van der Waals surface area contributed by atoms with Gasteiger partial charge in [0, 0.05) is 11.6 Å². The van der Waals surface area contributed by atoms with Gasteiger partial charge in [0.2, 0.25) is 11.7 Å². The summed E-state index contributed by atoms with van der Waals surface area (Å²) in [6.45, 7) is 2.18. The van der Waals surface area contributed by atoms with Gasteiger partial charge < -0.3 is 14.8 Å². The van der Waals surface area contributed by atoms with Crippen LogP contribution < -0.4 is 14.8 Å². The summed E-state index contributed by atoms with van der Waals surface area (Å²) in [5.41, 5.74) is 0.750. The Balaban J connectivity index is 1.37. The molecule has 0 aliphatic heterocycles. The molecule has 1 aromatic heterocycles. The molecule has 4 atom stereocenters. The standard InChI is InChI=1S/C20H27N5O3/c1-12(16-9-13-4-5-14(16)8-13)21-19(26)11-25-23-20(22-24-25)15-6-7-17(27-2)18(10-15)28-3/h6-7,10,12-14,16H,4-5,8-9,11H2,1-3H3,(H,21,26)/t12-,13+,14+,16+/m1/s1. The van der Waals surface area contributed by atoms with Crippen molar-refractivity contribution in [3.8, 4) is 22.9 Å². The van der Waals surface area contributed by atoms with Crippen LogP contribution in [0.25, 0.3) is 11.4 Å². The number of methoxy groups -OCH3 is 2. The maximum absolute atomic E-state index is 12.4. The molecule has 2 fully saturated rings. The lowest BCUT2D eigenvalue weighted by Crippen LogP contribution is -2.41. The number of ether oxygens (including phenoxy) is 2. The van der Waals surface area contributed by atoms with E-state index < -0.39 is 0 Å². The minimum atomic E-state index is -0.0773. The highest BCUT2D eigenvalue weighted by atomic mass is 16.5. The topological polar surface area (TPSA) is 91.2 Å². The van der Waals surface area contributed by atoms with E-state index in [0.29, 0.717) is 23.2 Å². The molecule has 0 unspecified atom stereocenters. The van der Waals surface area contributed by atoms with E-state index in [9.17, 15) is 4.79 Å². The van der Waals surface area contributed by atoms with Gasteiger partial charge in [-0.25, -0.2) is 0 Å². The first kappa shape index (κ1) is 18.7. The molecule has 2 aliphatic carbocycles. The summed E-state index contributed by atoms with van der Waals surface area (Å²) in [5, 5.41) is 15.5. The molecular formula is C20H27N5O3. The molecule has 2 bridgehead atoms. The maximum atomic E-state index is 12.4. The average Bonchev–Trinajstić information content (AvgIpc) is 3.44. The van der Waals surface area contributed by atoms with Crippen molar-refractivity contribution in [2.75, 3.05) is 14.2 Å². The fraction of sp³-hybridized carbons (Fsp3) is 0.600. The van der Waals surface area contributed by atoms with Gasteiger partial charge in [-0.2, -0.15) is 4.80 Å². The number of hydrogen-bond donors (Lipinski definition) is 1. The number of carbonyl (C=O) groups is 1. The van der Waals surface area contributed by atoms with Crippen LogP contribution in [-0.4, -0.2) is 46.4 Å². The molecule has 1 aromatic carbocycles. The van der Waals surface area contributed by atoms with Crippen molar-refractivity contribution >= 4 is 5.91 Å². The van der Waals surface area contributed by atoms with Crippen molar-refractivity contribution < 1.29 is 14.3 Å². The van der Waals surface area contributed by atoms with Crippen LogP contribution in [0.2, 0.25) is 0 Å². The highest BCUT2D eigenvalue weighted by molar-refractivity contribution is 5.75. The molecule has 0 radical (unpaired) electrons. The van der Waals surface area contributed by atoms with Crippen molar-refractivity contribution in [2.45, 2.75) is 45.2 Å². The largest absolute Gasteiger partial charge is 0.493 e. The normalized spacial score (nSPS) is 24.2. The second-order valence-corrected chi connectivity index (χ2v) is 7.91. The summed E-state index contributed by atoms with van der Waals surface area (Å²) in [6.07, 6.45) is 5.26. The van der Waals surface area contributed by atoms with E-state index in [1.807, 2.05) is 6.07 Å². The quantitative estimate of drug-likeness (QED) is 0.786. The van der Waals surface area contributed by atoms with Crippen LogP contribution in [-0.2, 0) is 11.3 Å². The fourth-order valence-electron chi connectivity index (χ4n) is 4.84. The predicted octanol–water partition coefficient (Wildman–Crippen LogP) is 2.30. The van der Waals surface area contributed by atoms with E-state index in [2.05, 4.69) is 27.7 Å². The third kappa shape index (κ3) is 3.68. The molecule has 150 valence electrons. The van der Waals surface area contributed by atoms with Crippen LogP contribution in [0.15, 0.2) is 18.2 Å². The molecule has 8 nitrogen and oxygen atoms in total. The van der Waals surface area contributed by atoms with Crippen LogP contribution in [0, 0.1) is 17.8 Å². The minimum Gasteiger partial charge on any atom is -0.493 e. The lowest BCUT2D eigenvalue weighted by molar-refractivity contribution is -0.123. The number of tetrazole rings is 1. The first-order chi connectivity index (χ1) is 13.6. The molecule has 0 saturated heterocycles. The number of amides is 1. The second kappa shape index (κ2) is 7.77. The van der Waals surface area contributed by atoms with E-state index in [1.165, 1.54) is 30.5 Å². The molecule has 1 amide bonds. The number of benzene rings is 1. The molecule has 1 heterocycles. The number of rotatable bonds is 7. The molecule has 2 saturated carbocycles. The zero-order chi connectivity index (χ0) is 19.7. The van der Waals surface area contributed by atoms with Gasteiger partial charge in [-0.3, -0.25) is 4.79 Å². The summed E-state index contributed by atoms with van der Waals surface area (Å²) in [5.74, 6) is 3.84. The van der Waals surface area contributed by atoms with Gasteiger partial charge in [-0.1, -0.05) is 6.42 Å². The Morgan fingerprint density at radius 2 is 2.07 bits per heavy atom. The zero-order valence-electron chi connectivity index (χ0n) is 16.6. The van der Waals surface area contributed by atoms with E-state index in [1.54, 1.807) is 26.4 Å². The third-order valence-electron chi connectivity index (χ3n) is 6.20. The lowest BCUT2D eigenvalue weighted by atomic mass is 9.84. The smallest absolute Gasteiger partial charge is 0.243 e. The number of fused-ring (bicyclic) bond motifs is 2. The van der Waals surface area contributed by atoms with Crippen LogP contribution in [0.3, 0.4) is 0 Å². The second-order valence-electron chi connectivity index (χ2n) is 7.91. The summed E-state index contributed by atoms with van der Waals surface area (Å²) in [6, 6.07) is 5.60. The fourth-order valence-corrected chi connectivity index (χ4v) is 4.84. The molecular weight excluding hydrogens is 358 g/mol. The van der Waals surface area contributed by atoms with Crippen molar-refractivity contribution in [1.82, 2.24) is 25.5 Å². The summed E-state index contributed by atoms with van der Waals surface area (Å²) in [4.78, 5) is 13.8. The molecule has 2 aromatic rings. The van der Waals surface area contributed by atoms with Crippen molar-refractivity contribution in [3.05, 3.63) is 18.2 Å². The van der Waals surface area contributed by atoms with Gasteiger partial charge in [0.1, 0.15) is 6.54 Å². The maximum Gasteiger partial charge on any atom is 0.243 e. The monoisotopic (exact) mass is 385 g/mol. The first-order valence-electron chi connectivity index (χ1n) is 9.87. The SMILES string of the molecule is COc1ccc(-c2nnn(CC(=O)N[C@H](C)[C@@H]3C[C@H]4CC[C@H]3C4)n2)cc1OC. The van der Waals surface area contributed by atoms with Crippen LogP contribution >= 0.6 is 0 Å². The Morgan fingerprint density at radius 3 is 2.75 bits per heavy atom. The summed E-state index contributed by atoms with van der Waals surface area (Å²) in [7, 11) is 3.16.